The maximum absolute atomic E-state index is 5.46. The van der Waals surface area contributed by atoms with Crippen LogP contribution >= 0.6 is 0 Å². The third kappa shape index (κ3) is 8.56. The van der Waals surface area contributed by atoms with E-state index >= 15 is 0 Å². The number of guanidine groups is 1. The number of ether oxygens (including phenoxy) is 2. The van der Waals surface area contributed by atoms with Crippen molar-refractivity contribution < 1.29 is 9.47 Å². The van der Waals surface area contributed by atoms with Crippen LogP contribution in [0.25, 0.3) is 0 Å². The average molecular weight is 328 g/mol. The zero-order chi connectivity index (χ0) is 17.0. The first kappa shape index (κ1) is 20.2. The normalized spacial score (nSPS) is 17.2. The molecule has 0 heterocycles. The standard InChI is InChI=1S/C18H37N3O2/c1-16(2)14-18(8-7-9-18)15-21-17(19-3)20-10-5-6-11-23-13-12-22-4/h16H,5-15H2,1-4H3,(H2,19,20,21). The van der Waals surface area contributed by atoms with Crippen LogP contribution in [0.4, 0.5) is 0 Å². The molecule has 0 atom stereocenters. The number of unbranched alkanes of at least 4 members (excludes halogenated alkanes) is 1. The first-order valence-corrected chi connectivity index (χ1v) is 9.13. The average Bonchev–Trinajstić information content (AvgIpc) is 2.49. The van der Waals surface area contributed by atoms with Gasteiger partial charge in [-0.2, -0.15) is 0 Å². The molecule has 1 rings (SSSR count). The molecule has 0 bridgehead atoms. The highest BCUT2D eigenvalue weighted by atomic mass is 16.5. The van der Waals surface area contributed by atoms with Gasteiger partial charge in [-0.3, -0.25) is 4.99 Å². The molecule has 1 saturated carbocycles. The van der Waals surface area contributed by atoms with Crippen molar-refractivity contribution in [1.82, 2.24) is 10.6 Å². The van der Waals surface area contributed by atoms with Gasteiger partial charge >= 0.3 is 0 Å². The van der Waals surface area contributed by atoms with Crippen LogP contribution in [-0.2, 0) is 9.47 Å². The molecule has 1 fully saturated rings. The van der Waals surface area contributed by atoms with Crippen LogP contribution in [0.1, 0.15) is 52.4 Å². The fourth-order valence-electron chi connectivity index (χ4n) is 3.27. The molecule has 0 aromatic heterocycles. The Labute approximate surface area is 142 Å². The summed E-state index contributed by atoms with van der Waals surface area (Å²) < 4.78 is 10.4. The van der Waals surface area contributed by atoms with E-state index in [0.717, 1.165) is 44.4 Å². The molecule has 136 valence electrons. The number of nitrogens with one attached hydrogen (secondary N) is 2. The molecule has 0 aromatic rings. The van der Waals surface area contributed by atoms with E-state index in [1.54, 1.807) is 7.11 Å². The summed E-state index contributed by atoms with van der Waals surface area (Å²) in [5.41, 5.74) is 0.501. The van der Waals surface area contributed by atoms with Gasteiger partial charge in [0.1, 0.15) is 0 Å². The first-order valence-electron chi connectivity index (χ1n) is 9.13. The van der Waals surface area contributed by atoms with E-state index in [-0.39, 0.29) is 0 Å². The Morgan fingerprint density at radius 2 is 1.91 bits per heavy atom. The molecule has 5 heteroatoms. The molecule has 23 heavy (non-hydrogen) atoms. The number of rotatable bonds is 12. The van der Waals surface area contributed by atoms with Crippen molar-refractivity contribution in [3.63, 3.8) is 0 Å². The zero-order valence-electron chi connectivity index (χ0n) is 15.6. The summed E-state index contributed by atoms with van der Waals surface area (Å²) in [5.74, 6) is 1.70. The Morgan fingerprint density at radius 3 is 2.48 bits per heavy atom. The van der Waals surface area contributed by atoms with Crippen molar-refractivity contribution in [2.24, 2.45) is 16.3 Å². The van der Waals surface area contributed by atoms with Gasteiger partial charge in [0.15, 0.2) is 5.96 Å². The highest BCUT2D eigenvalue weighted by Crippen LogP contribution is 2.45. The first-order chi connectivity index (χ1) is 11.1. The molecule has 0 aliphatic heterocycles. The lowest BCUT2D eigenvalue weighted by molar-refractivity contribution is 0.0689. The van der Waals surface area contributed by atoms with Crippen LogP contribution in [-0.4, -0.2) is 53.0 Å². The SMILES string of the molecule is CN=C(NCCCCOCCOC)NCC1(CC(C)C)CCC1. The van der Waals surface area contributed by atoms with Crippen LogP contribution < -0.4 is 10.6 Å². The second kappa shape index (κ2) is 11.7. The Bertz CT molecular complexity index is 328. The third-order valence-corrected chi connectivity index (χ3v) is 4.55. The Hall–Kier alpha value is -0.810. The molecule has 0 spiro atoms. The van der Waals surface area contributed by atoms with Gasteiger partial charge < -0.3 is 20.1 Å². The number of hydrogen-bond donors (Lipinski definition) is 2. The number of methoxy groups -OCH3 is 1. The Kier molecular flexibility index (Phi) is 10.3. The van der Waals surface area contributed by atoms with E-state index in [1.807, 2.05) is 7.05 Å². The molecule has 0 aromatic carbocycles. The second-order valence-corrected chi connectivity index (χ2v) is 7.12. The zero-order valence-corrected chi connectivity index (χ0v) is 15.6. The van der Waals surface area contributed by atoms with Gasteiger partial charge in [0.25, 0.3) is 0 Å². The topological polar surface area (TPSA) is 54.9 Å². The molecule has 1 aliphatic rings. The minimum Gasteiger partial charge on any atom is -0.382 e. The summed E-state index contributed by atoms with van der Waals surface area (Å²) in [5, 5.41) is 6.93. The van der Waals surface area contributed by atoms with Crippen molar-refractivity contribution in [1.29, 1.82) is 0 Å². The van der Waals surface area contributed by atoms with Crippen molar-refractivity contribution in [2.75, 3.05) is 47.1 Å². The minimum atomic E-state index is 0.501. The summed E-state index contributed by atoms with van der Waals surface area (Å²) in [6, 6.07) is 0. The van der Waals surface area contributed by atoms with Gasteiger partial charge in [-0.25, -0.2) is 0 Å². The van der Waals surface area contributed by atoms with Gasteiger partial charge in [0, 0.05) is 33.9 Å². The second-order valence-electron chi connectivity index (χ2n) is 7.12. The summed E-state index contributed by atoms with van der Waals surface area (Å²) in [6.45, 7) is 8.78. The fraction of sp³-hybridized carbons (Fsp3) is 0.944. The molecule has 1 aliphatic carbocycles. The molecular formula is C18H37N3O2. The van der Waals surface area contributed by atoms with Gasteiger partial charge in [-0.05, 0) is 43.4 Å². The quantitative estimate of drug-likeness (QED) is 0.329. The van der Waals surface area contributed by atoms with Crippen LogP contribution in [0, 0.1) is 11.3 Å². The van der Waals surface area contributed by atoms with E-state index < -0.39 is 0 Å². The highest BCUT2D eigenvalue weighted by Gasteiger charge is 2.37. The fourth-order valence-corrected chi connectivity index (χ4v) is 3.27. The lowest BCUT2D eigenvalue weighted by atomic mass is 9.64. The lowest BCUT2D eigenvalue weighted by Crippen LogP contribution is -2.47. The molecule has 0 amide bonds. The van der Waals surface area contributed by atoms with E-state index in [1.165, 1.54) is 25.7 Å². The smallest absolute Gasteiger partial charge is 0.190 e. The molecule has 0 radical (unpaired) electrons. The highest BCUT2D eigenvalue weighted by molar-refractivity contribution is 5.79. The van der Waals surface area contributed by atoms with Crippen molar-refractivity contribution in [3.05, 3.63) is 0 Å². The minimum absolute atomic E-state index is 0.501. The number of hydrogen-bond acceptors (Lipinski definition) is 3. The molecule has 2 N–H and O–H groups in total. The molecule has 5 nitrogen and oxygen atoms in total. The van der Waals surface area contributed by atoms with Crippen molar-refractivity contribution in [3.8, 4) is 0 Å². The van der Waals surface area contributed by atoms with E-state index in [2.05, 4.69) is 29.5 Å². The number of aliphatic imine (C=N–C) groups is 1. The van der Waals surface area contributed by atoms with Crippen LogP contribution in [0.3, 0.4) is 0 Å². The lowest BCUT2D eigenvalue weighted by Gasteiger charge is -2.43. The third-order valence-electron chi connectivity index (χ3n) is 4.55. The Morgan fingerprint density at radius 1 is 1.13 bits per heavy atom. The van der Waals surface area contributed by atoms with Crippen molar-refractivity contribution in [2.45, 2.75) is 52.4 Å². The maximum atomic E-state index is 5.46. The van der Waals surface area contributed by atoms with Crippen LogP contribution in [0.2, 0.25) is 0 Å². The monoisotopic (exact) mass is 327 g/mol. The van der Waals surface area contributed by atoms with Crippen LogP contribution in [0.5, 0.6) is 0 Å². The molecule has 0 saturated heterocycles. The van der Waals surface area contributed by atoms with E-state index in [0.29, 0.717) is 18.6 Å². The summed E-state index contributed by atoms with van der Waals surface area (Å²) in [6.07, 6.45) is 7.55. The van der Waals surface area contributed by atoms with Gasteiger partial charge in [0.2, 0.25) is 0 Å². The summed E-state index contributed by atoms with van der Waals surface area (Å²) in [7, 11) is 3.54. The van der Waals surface area contributed by atoms with Crippen molar-refractivity contribution >= 4 is 5.96 Å². The molecular weight excluding hydrogens is 290 g/mol. The predicted octanol–water partition coefficient (Wildman–Crippen LogP) is 2.81. The maximum Gasteiger partial charge on any atom is 0.190 e. The van der Waals surface area contributed by atoms with E-state index in [9.17, 15) is 0 Å². The van der Waals surface area contributed by atoms with Gasteiger partial charge in [-0.1, -0.05) is 20.3 Å². The van der Waals surface area contributed by atoms with Gasteiger partial charge in [-0.15, -0.1) is 0 Å². The Balaban J connectivity index is 2.10. The van der Waals surface area contributed by atoms with Crippen LogP contribution in [0.15, 0.2) is 4.99 Å². The predicted molar refractivity (Wildman–Crippen MR) is 97.0 cm³/mol. The number of nitrogens with zero attached hydrogens (tertiary/aromatic N) is 1. The summed E-state index contributed by atoms with van der Waals surface area (Å²) in [4.78, 5) is 4.33. The summed E-state index contributed by atoms with van der Waals surface area (Å²) >= 11 is 0. The van der Waals surface area contributed by atoms with Gasteiger partial charge in [0.05, 0.1) is 13.2 Å². The molecule has 0 unspecified atom stereocenters. The van der Waals surface area contributed by atoms with E-state index in [4.69, 9.17) is 9.47 Å². The largest absolute Gasteiger partial charge is 0.382 e.